The van der Waals surface area contributed by atoms with Crippen molar-refractivity contribution >= 4 is 11.3 Å². The lowest BCUT2D eigenvalue weighted by atomic mass is 10.2. The highest BCUT2D eigenvalue weighted by Gasteiger charge is 2.07. The lowest BCUT2D eigenvalue weighted by molar-refractivity contribution is 0.554. The van der Waals surface area contributed by atoms with Crippen molar-refractivity contribution in [2.24, 2.45) is 7.05 Å². The van der Waals surface area contributed by atoms with Gasteiger partial charge in [-0.2, -0.15) is 5.10 Å². The summed E-state index contributed by atoms with van der Waals surface area (Å²) in [6.45, 7) is 5.07. The summed E-state index contributed by atoms with van der Waals surface area (Å²) in [5.74, 6) is 0. The lowest BCUT2D eigenvalue weighted by Gasteiger charge is -2.11. The summed E-state index contributed by atoms with van der Waals surface area (Å²) in [6.07, 6.45) is 0. The van der Waals surface area contributed by atoms with Gasteiger partial charge in [0.25, 0.3) is 0 Å². The van der Waals surface area contributed by atoms with Gasteiger partial charge in [-0.05, 0) is 31.4 Å². The molecule has 0 bridgehead atoms. The number of hydrogen-bond acceptors (Lipinski definition) is 3. The van der Waals surface area contributed by atoms with Gasteiger partial charge in [0.2, 0.25) is 0 Å². The van der Waals surface area contributed by atoms with Crippen LogP contribution in [-0.4, -0.2) is 9.78 Å². The van der Waals surface area contributed by atoms with Crippen LogP contribution in [0.4, 0.5) is 0 Å². The Labute approximate surface area is 100 Å². The van der Waals surface area contributed by atoms with Crippen LogP contribution in [0, 0.1) is 6.92 Å². The van der Waals surface area contributed by atoms with Crippen LogP contribution in [0.5, 0.6) is 0 Å². The molecule has 16 heavy (non-hydrogen) atoms. The van der Waals surface area contributed by atoms with Crippen LogP contribution in [0.15, 0.2) is 23.6 Å². The average molecular weight is 235 g/mol. The number of hydrogen-bond donors (Lipinski definition) is 1. The Balaban J connectivity index is 1.95. The Morgan fingerprint density at radius 1 is 1.56 bits per heavy atom. The minimum absolute atomic E-state index is 0.398. The summed E-state index contributed by atoms with van der Waals surface area (Å²) in [7, 11) is 1.99. The largest absolute Gasteiger partial charge is 0.304 e. The average Bonchev–Trinajstić information content (AvgIpc) is 2.84. The molecule has 0 aliphatic heterocycles. The van der Waals surface area contributed by atoms with E-state index in [1.165, 1.54) is 10.6 Å². The highest BCUT2D eigenvalue weighted by molar-refractivity contribution is 7.10. The van der Waals surface area contributed by atoms with E-state index in [4.69, 9.17) is 0 Å². The molecule has 86 valence electrons. The van der Waals surface area contributed by atoms with Gasteiger partial charge in [-0.1, -0.05) is 6.07 Å². The van der Waals surface area contributed by atoms with Gasteiger partial charge >= 0.3 is 0 Å². The Morgan fingerprint density at radius 3 is 2.94 bits per heavy atom. The molecule has 0 aliphatic carbocycles. The molecule has 2 rings (SSSR count). The fourth-order valence-electron chi connectivity index (χ4n) is 1.73. The molecule has 2 aromatic rings. The van der Waals surface area contributed by atoms with Gasteiger partial charge in [0.05, 0.1) is 11.4 Å². The zero-order chi connectivity index (χ0) is 11.5. The predicted octanol–water partition coefficient (Wildman–Crippen LogP) is 2.64. The third-order valence-electron chi connectivity index (χ3n) is 2.66. The van der Waals surface area contributed by atoms with Gasteiger partial charge in [0, 0.05) is 24.5 Å². The first kappa shape index (κ1) is 11.4. The zero-order valence-electron chi connectivity index (χ0n) is 9.90. The molecule has 4 heteroatoms. The number of rotatable bonds is 4. The van der Waals surface area contributed by atoms with Gasteiger partial charge < -0.3 is 5.32 Å². The maximum Gasteiger partial charge on any atom is 0.0597 e. The number of nitrogens with one attached hydrogen (secondary N) is 1. The van der Waals surface area contributed by atoms with Crippen molar-refractivity contribution in [3.63, 3.8) is 0 Å². The van der Waals surface area contributed by atoms with Crippen molar-refractivity contribution < 1.29 is 0 Å². The molecule has 2 heterocycles. The van der Waals surface area contributed by atoms with Crippen LogP contribution in [0.3, 0.4) is 0 Å². The van der Waals surface area contributed by atoms with E-state index in [9.17, 15) is 0 Å². The summed E-state index contributed by atoms with van der Waals surface area (Å²) in [5, 5.41) is 9.95. The standard InChI is InChI=1S/C12H17N3S/c1-9-7-11(15(3)14-9)8-13-10(2)12-5-4-6-16-12/h4-7,10,13H,8H2,1-3H3/t10-/m0/s1. The molecule has 0 amide bonds. The van der Waals surface area contributed by atoms with Gasteiger partial charge in [-0.25, -0.2) is 0 Å². The molecule has 2 aromatic heterocycles. The van der Waals surface area contributed by atoms with Crippen molar-refractivity contribution in [2.45, 2.75) is 26.4 Å². The van der Waals surface area contributed by atoms with Crippen LogP contribution in [-0.2, 0) is 13.6 Å². The molecule has 0 radical (unpaired) electrons. The Kier molecular flexibility index (Phi) is 3.41. The summed E-state index contributed by atoms with van der Waals surface area (Å²) in [4.78, 5) is 1.37. The van der Waals surface area contributed by atoms with Crippen molar-refractivity contribution in [1.29, 1.82) is 0 Å². The summed E-state index contributed by atoms with van der Waals surface area (Å²) < 4.78 is 1.93. The molecule has 0 aliphatic rings. The van der Waals surface area contributed by atoms with Gasteiger partial charge in [0.1, 0.15) is 0 Å². The van der Waals surface area contributed by atoms with Crippen LogP contribution >= 0.6 is 11.3 Å². The van der Waals surface area contributed by atoms with E-state index in [2.05, 4.69) is 40.9 Å². The maximum absolute atomic E-state index is 4.33. The molecule has 0 unspecified atom stereocenters. The number of nitrogens with zero attached hydrogens (tertiary/aromatic N) is 2. The zero-order valence-corrected chi connectivity index (χ0v) is 10.7. The first-order valence-electron chi connectivity index (χ1n) is 5.43. The summed E-state index contributed by atoms with van der Waals surface area (Å²) in [6, 6.07) is 6.77. The van der Waals surface area contributed by atoms with E-state index >= 15 is 0 Å². The van der Waals surface area contributed by atoms with Gasteiger partial charge in [-0.3, -0.25) is 4.68 Å². The lowest BCUT2D eigenvalue weighted by Crippen LogP contribution is -2.18. The van der Waals surface area contributed by atoms with Crippen molar-refractivity contribution in [3.05, 3.63) is 39.8 Å². The highest BCUT2D eigenvalue weighted by atomic mass is 32.1. The fraction of sp³-hybridized carbons (Fsp3) is 0.417. The molecular weight excluding hydrogens is 218 g/mol. The van der Waals surface area contributed by atoms with Crippen molar-refractivity contribution in [1.82, 2.24) is 15.1 Å². The number of aromatic nitrogens is 2. The van der Waals surface area contributed by atoms with Crippen LogP contribution in [0.1, 0.15) is 29.2 Å². The molecule has 0 saturated carbocycles. The Bertz CT molecular complexity index is 445. The minimum Gasteiger partial charge on any atom is -0.304 e. The third kappa shape index (κ3) is 2.51. The second-order valence-electron chi connectivity index (χ2n) is 4.02. The molecule has 1 N–H and O–H groups in total. The van der Waals surface area contributed by atoms with E-state index in [0.717, 1.165) is 12.2 Å². The first-order valence-corrected chi connectivity index (χ1v) is 6.31. The minimum atomic E-state index is 0.398. The smallest absolute Gasteiger partial charge is 0.0597 e. The topological polar surface area (TPSA) is 29.9 Å². The highest BCUT2D eigenvalue weighted by Crippen LogP contribution is 2.18. The summed E-state index contributed by atoms with van der Waals surface area (Å²) >= 11 is 1.79. The van der Waals surface area contributed by atoms with Gasteiger partial charge in [-0.15, -0.1) is 11.3 Å². The Hall–Kier alpha value is -1.13. The predicted molar refractivity (Wildman–Crippen MR) is 67.5 cm³/mol. The molecule has 1 atom stereocenters. The number of thiophene rings is 1. The molecule has 0 spiro atoms. The second-order valence-corrected chi connectivity index (χ2v) is 5.00. The van der Waals surface area contributed by atoms with E-state index in [1.807, 2.05) is 18.7 Å². The fourth-order valence-corrected chi connectivity index (χ4v) is 2.48. The molecule has 0 saturated heterocycles. The maximum atomic E-state index is 4.33. The quantitative estimate of drug-likeness (QED) is 0.883. The number of aryl methyl sites for hydroxylation is 2. The van der Waals surface area contributed by atoms with E-state index in [0.29, 0.717) is 6.04 Å². The normalized spacial score (nSPS) is 12.9. The third-order valence-corrected chi connectivity index (χ3v) is 3.71. The van der Waals surface area contributed by atoms with Crippen LogP contribution < -0.4 is 5.32 Å². The van der Waals surface area contributed by atoms with E-state index in [1.54, 1.807) is 11.3 Å². The Morgan fingerprint density at radius 2 is 2.38 bits per heavy atom. The molecule has 3 nitrogen and oxygen atoms in total. The summed E-state index contributed by atoms with van der Waals surface area (Å²) in [5.41, 5.74) is 2.30. The molecular formula is C12H17N3S. The van der Waals surface area contributed by atoms with E-state index < -0.39 is 0 Å². The first-order chi connectivity index (χ1) is 7.66. The second kappa shape index (κ2) is 4.80. The monoisotopic (exact) mass is 235 g/mol. The SMILES string of the molecule is Cc1cc(CN[C@@H](C)c2cccs2)n(C)n1. The molecule has 0 aromatic carbocycles. The van der Waals surface area contributed by atoms with Gasteiger partial charge in [0.15, 0.2) is 0 Å². The van der Waals surface area contributed by atoms with Crippen molar-refractivity contribution in [2.75, 3.05) is 0 Å². The molecule has 0 fully saturated rings. The van der Waals surface area contributed by atoms with Crippen LogP contribution in [0.2, 0.25) is 0 Å². The van der Waals surface area contributed by atoms with Crippen molar-refractivity contribution in [3.8, 4) is 0 Å². The van der Waals surface area contributed by atoms with Crippen LogP contribution in [0.25, 0.3) is 0 Å². The van der Waals surface area contributed by atoms with E-state index in [-0.39, 0.29) is 0 Å².